The van der Waals surface area contributed by atoms with E-state index in [-0.39, 0.29) is 23.2 Å². The van der Waals surface area contributed by atoms with Crippen LogP contribution in [0.3, 0.4) is 0 Å². The van der Waals surface area contributed by atoms with Crippen molar-refractivity contribution in [2.75, 3.05) is 10.9 Å². The SMILES string of the molecule is CCOC(=O)c1cc(S(=O)(=O)N2c3ccccc3C[C@@H]2C)cn1C. The van der Waals surface area contributed by atoms with Crippen LogP contribution in [0.25, 0.3) is 0 Å². The average molecular weight is 348 g/mol. The van der Waals surface area contributed by atoms with E-state index in [1.54, 1.807) is 14.0 Å². The quantitative estimate of drug-likeness (QED) is 0.796. The third-order valence-corrected chi connectivity index (χ3v) is 6.06. The van der Waals surface area contributed by atoms with Crippen LogP contribution in [0.1, 0.15) is 29.9 Å². The number of para-hydroxylation sites is 1. The van der Waals surface area contributed by atoms with Gasteiger partial charge in [-0.25, -0.2) is 13.2 Å². The maximum Gasteiger partial charge on any atom is 0.354 e. The second-order valence-electron chi connectivity index (χ2n) is 5.88. The topological polar surface area (TPSA) is 68.6 Å². The lowest BCUT2D eigenvalue weighted by molar-refractivity contribution is 0.0515. The Balaban J connectivity index is 2.03. The molecular formula is C17H20N2O4S. The Morgan fingerprint density at radius 3 is 2.75 bits per heavy atom. The Morgan fingerprint density at radius 1 is 1.33 bits per heavy atom. The number of fused-ring (bicyclic) bond motifs is 1. The molecule has 0 saturated heterocycles. The molecule has 0 bridgehead atoms. The zero-order chi connectivity index (χ0) is 17.5. The fourth-order valence-electron chi connectivity index (χ4n) is 3.10. The minimum atomic E-state index is -3.75. The fraction of sp³-hybridized carbons (Fsp3) is 0.353. The van der Waals surface area contributed by atoms with Crippen LogP contribution in [-0.2, 0) is 28.2 Å². The molecule has 24 heavy (non-hydrogen) atoms. The molecule has 2 aromatic rings. The third kappa shape index (κ3) is 2.58. The number of esters is 1. The minimum Gasteiger partial charge on any atom is -0.461 e. The molecule has 0 radical (unpaired) electrons. The number of anilines is 1. The molecule has 1 aromatic heterocycles. The van der Waals surface area contributed by atoms with Crippen molar-refractivity contribution >= 4 is 21.7 Å². The van der Waals surface area contributed by atoms with Crippen LogP contribution in [-0.4, -0.2) is 31.6 Å². The predicted octanol–water partition coefficient (Wildman–Crippen LogP) is 2.34. The first kappa shape index (κ1) is 16.6. The summed E-state index contributed by atoms with van der Waals surface area (Å²) in [5, 5.41) is 0. The molecule has 6 nitrogen and oxygen atoms in total. The van der Waals surface area contributed by atoms with E-state index in [1.807, 2.05) is 31.2 Å². The van der Waals surface area contributed by atoms with Crippen molar-refractivity contribution in [2.24, 2.45) is 7.05 Å². The van der Waals surface area contributed by atoms with Gasteiger partial charge in [-0.2, -0.15) is 0 Å². The van der Waals surface area contributed by atoms with Crippen LogP contribution in [0.15, 0.2) is 41.4 Å². The summed E-state index contributed by atoms with van der Waals surface area (Å²) in [6.07, 6.45) is 2.13. The van der Waals surface area contributed by atoms with Gasteiger partial charge in [0.1, 0.15) is 10.6 Å². The molecule has 0 amide bonds. The molecule has 0 fully saturated rings. The highest BCUT2D eigenvalue weighted by Gasteiger charge is 2.37. The lowest BCUT2D eigenvalue weighted by atomic mass is 10.1. The van der Waals surface area contributed by atoms with Gasteiger partial charge in [0.15, 0.2) is 0 Å². The van der Waals surface area contributed by atoms with Gasteiger partial charge in [0, 0.05) is 19.3 Å². The number of rotatable bonds is 4. The van der Waals surface area contributed by atoms with Crippen molar-refractivity contribution in [3.63, 3.8) is 0 Å². The number of aryl methyl sites for hydroxylation is 1. The third-order valence-electron chi connectivity index (χ3n) is 4.17. The molecule has 3 rings (SSSR count). The summed E-state index contributed by atoms with van der Waals surface area (Å²) < 4.78 is 34.1. The van der Waals surface area contributed by atoms with Gasteiger partial charge in [0.2, 0.25) is 0 Å². The van der Waals surface area contributed by atoms with Crippen molar-refractivity contribution in [2.45, 2.75) is 31.2 Å². The molecular weight excluding hydrogens is 328 g/mol. The number of ether oxygens (including phenoxy) is 1. The molecule has 0 saturated carbocycles. The average Bonchev–Trinajstić information content (AvgIpc) is 3.07. The fourth-order valence-corrected chi connectivity index (χ4v) is 4.86. The van der Waals surface area contributed by atoms with Crippen molar-refractivity contribution in [1.82, 2.24) is 4.57 Å². The first-order valence-corrected chi connectivity index (χ1v) is 9.26. The van der Waals surface area contributed by atoms with Crippen LogP contribution in [0.4, 0.5) is 5.69 Å². The van der Waals surface area contributed by atoms with Gasteiger partial charge in [-0.05, 0) is 38.0 Å². The second kappa shape index (κ2) is 5.98. The number of hydrogen-bond acceptors (Lipinski definition) is 4. The van der Waals surface area contributed by atoms with E-state index in [9.17, 15) is 13.2 Å². The largest absolute Gasteiger partial charge is 0.461 e. The highest BCUT2D eigenvalue weighted by atomic mass is 32.2. The number of sulfonamides is 1. The molecule has 1 aliphatic heterocycles. The molecule has 0 unspecified atom stereocenters. The number of carbonyl (C=O) groups excluding carboxylic acids is 1. The maximum atomic E-state index is 13.1. The van der Waals surface area contributed by atoms with Crippen molar-refractivity contribution < 1.29 is 17.9 Å². The molecule has 1 aliphatic rings. The molecule has 1 aromatic carbocycles. The van der Waals surface area contributed by atoms with E-state index >= 15 is 0 Å². The van der Waals surface area contributed by atoms with E-state index < -0.39 is 16.0 Å². The van der Waals surface area contributed by atoms with Gasteiger partial charge in [0.25, 0.3) is 10.0 Å². The summed E-state index contributed by atoms with van der Waals surface area (Å²) in [5.74, 6) is -0.531. The highest BCUT2D eigenvalue weighted by molar-refractivity contribution is 7.92. The normalized spacial score (nSPS) is 17.0. The molecule has 2 heterocycles. The summed E-state index contributed by atoms with van der Waals surface area (Å²) in [5.41, 5.74) is 1.93. The lowest BCUT2D eigenvalue weighted by Gasteiger charge is -2.23. The lowest BCUT2D eigenvalue weighted by Crippen LogP contribution is -2.35. The predicted molar refractivity (Wildman–Crippen MR) is 90.6 cm³/mol. The summed E-state index contributed by atoms with van der Waals surface area (Å²) >= 11 is 0. The molecule has 0 N–H and O–H groups in total. The number of aromatic nitrogens is 1. The van der Waals surface area contributed by atoms with Gasteiger partial charge >= 0.3 is 5.97 Å². The zero-order valence-corrected chi connectivity index (χ0v) is 14.7. The Morgan fingerprint density at radius 2 is 2.04 bits per heavy atom. The molecule has 0 aliphatic carbocycles. The van der Waals surface area contributed by atoms with Crippen LogP contribution in [0.2, 0.25) is 0 Å². The van der Waals surface area contributed by atoms with Gasteiger partial charge < -0.3 is 9.30 Å². The number of nitrogens with zero attached hydrogens (tertiary/aromatic N) is 2. The second-order valence-corrected chi connectivity index (χ2v) is 7.69. The van der Waals surface area contributed by atoms with Crippen molar-refractivity contribution in [3.05, 3.63) is 47.8 Å². The van der Waals surface area contributed by atoms with Crippen LogP contribution in [0.5, 0.6) is 0 Å². The monoisotopic (exact) mass is 348 g/mol. The summed E-state index contributed by atoms with van der Waals surface area (Å²) in [7, 11) is -2.12. The zero-order valence-electron chi connectivity index (χ0n) is 13.9. The highest BCUT2D eigenvalue weighted by Crippen LogP contribution is 2.36. The van der Waals surface area contributed by atoms with Crippen LogP contribution >= 0.6 is 0 Å². The van der Waals surface area contributed by atoms with Crippen molar-refractivity contribution in [1.29, 1.82) is 0 Å². The van der Waals surface area contributed by atoms with Crippen LogP contribution < -0.4 is 4.31 Å². The van der Waals surface area contributed by atoms with E-state index in [0.717, 1.165) is 5.56 Å². The number of hydrogen-bond donors (Lipinski definition) is 0. The van der Waals surface area contributed by atoms with Crippen molar-refractivity contribution in [3.8, 4) is 0 Å². The van der Waals surface area contributed by atoms with Gasteiger partial charge in [-0.1, -0.05) is 18.2 Å². The van der Waals surface area contributed by atoms with Gasteiger partial charge in [0.05, 0.1) is 12.3 Å². The summed E-state index contributed by atoms with van der Waals surface area (Å²) in [6.45, 7) is 3.83. The summed E-state index contributed by atoms with van der Waals surface area (Å²) in [6, 6.07) is 8.69. The Hall–Kier alpha value is -2.28. The van der Waals surface area contributed by atoms with E-state index in [1.165, 1.54) is 21.1 Å². The Labute approximate surface area is 141 Å². The summed E-state index contributed by atoms with van der Waals surface area (Å²) in [4.78, 5) is 12.0. The minimum absolute atomic E-state index is 0.0941. The van der Waals surface area contributed by atoms with Crippen LogP contribution in [0, 0.1) is 0 Å². The van der Waals surface area contributed by atoms with E-state index in [2.05, 4.69) is 0 Å². The molecule has 0 spiro atoms. The molecule has 128 valence electrons. The smallest absolute Gasteiger partial charge is 0.354 e. The number of carbonyl (C=O) groups is 1. The maximum absolute atomic E-state index is 13.1. The number of benzene rings is 1. The first-order chi connectivity index (χ1) is 11.4. The Kier molecular flexibility index (Phi) is 4.13. The standard InChI is InChI=1S/C17H20N2O4S/c1-4-23-17(20)16-10-14(11-18(16)3)24(21,22)19-12(2)9-13-7-5-6-8-15(13)19/h5-8,10-12H,4,9H2,1-3H3/t12-/m0/s1. The molecule has 1 atom stereocenters. The van der Waals surface area contributed by atoms with E-state index in [4.69, 9.17) is 4.74 Å². The molecule has 7 heteroatoms. The van der Waals surface area contributed by atoms with E-state index in [0.29, 0.717) is 12.1 Å². The van der Waals surface area contributed by atoms with Gasteiger partial charge in [-0.3, -0.25) is 4.31 Å². The van der Waals surface area contributed by atoms with Gasteiger partial charge in [-0.15, -0.1) is 0 Å². The first-order valence-electron chi connectivity index (χ1n) is 7.82. The Bertz CT molecular complexity index is 886.